The van der Waals surface area contributed by atoms with Gasteiger partial charge < -0.3 is 15.2 Å². The van der Waals surface area contributed by atoms with E-state index in [0.29, 0.717) is 12.6 Å². The second-order valence-electron chi connectivity index (χ2n) is 2.81. The fourth-order valence-electron chi connectivity index (χ4n) is 0.881. The minimum Gasteiger partial charge on any atom is -0.395 e. The lowest BCUT2D eigenvalue weighted by Gasteiger charge is -2.17. The Kier molecular flexibility index (Phi) is 6.51. The second kappa shape index (κ2) is 6.58. The van der Waals surface area contributed by atoms with Crippen LogP contribution < -0.4 is 5.32 Å². The van der Waals surface area contributed by atoms with Crippen molar-refractivity contribution in [2.75, 3.05) is 19.8 Å². The molecule has 2 atom stereocenters. The fourth-order valence-corrected chi connectivity index (χ4v) is 0.881. The van der Waals surface area contributed by atoms with E-state index in [9.17, 15) is 0 Å². The first kappa shape index (κ1) is 10.9. The molecule has 0 radical (unpaired) electrons. The van der Waals surface area contributed by atoms with Gasteiger partial charge in [0.15, 0.2) is 0 Å². The Morgan fingerprint density at radius 2 is 2.00 bits per heavy atom. The summed E-state index contributed by atoms with van der Waals surface area (Å²) in [5, 5.41) is 11.9. The van der Waals surface area contributed by atoms with Crippen LogP contribution in [-0.2, 0) is 4.74 Å². The van der Waals surface area contributed by atoms with Gasteiger partial charge in [-0.25, -0.2) is 0 Å². The van der Waals surface area contributed by atoms with Gasteiger partial charge in [0, 0.05) is 18.7 Å². The molecule has 0 rings (SSSR count). The largest absolute Gasteiger partial charge is 0.395 e. The van der Waals surface area contributed by atoms with Crippen LogP contribution in [0.1, 0.15) is 20.8 Å². The maximum atomic E-state index is 8.71. The SMILES string of the molecule is CCOCC(C)NC(C)CO. The highest BCUT2D eigenvalue weighted by Crippen LogP contribution is 1.87. The summed E-state index contributed by atoms with van der Waals surface area (Å²) < 4.78 is 5.20. The minimum absolute atomic E-state index is 0.158. The predicted molar refractivity (Wildman–Crippen MR) is 45.6 cm³/mol. The molecule has 0 aromatic heterocycles. The Balaban J connectivity index is 3.27. The van der Waals surface area contributed by atoms with Crippen LogP contribution in [0, 0.1) is 0 Å². The third-order valence-corrected chi connectivity index (χ3v) is 1.41. The van der Waals surface area contributed by atoms with E-state index in [-0.39, 0.29) is 12.6 Å². The number of ether oxygens (including phenoxy) is 1. The highest BCUT2D eigenvalue weighted by molar-refractivity contribution is 4.65. The number of aliphatic hydroxyl groups is 1. The van der Waals surface area contributed by atoms with Crippen molar-refractivity contribution >= 4 is 0 Å². The van der Waals surface area contributed by atoms with Gasteiger partial charge in [0.05, 0.1) is 13.2 Å². The Morgan fingerprint density at radius 3 is 2.45 bits per heavy atom. The Hall–Kier alpha value is -0.120. The normalized spacial score (nSPS) is 16.4. The summed E-state index contributed by atoms with van der Waals surface area (Å²) >= 11 is 0. The van der Waals surface area contributed by atoms with Crippen LogP contribution in [0.2, 0.25) is 0 Å². The maximum absolute atomic E-state index is 8.71. The van der Waals surface area contributed by atoms with E-state index in [1.54, 1.807) is 0 Å². The second-order valence-corrected chi connectivity index (χ2v) is 2.81. The van der Waals surface area contributed by atoms with Crippen LogP contribution >= 0.6 is 0 Å². The summed E-state index contributed by atoms with van der Waals surface area (Å²) in [7, 11) is 0. The Morgan fingerprint density at radius 1 is 1.36 bits per heavy atom. The molecule has 11 heavy (non-hydrogen) atoms. The zero-order valence-corrected chi connectivity index (χ0v) is 7.63. The summed E-state index contributed by atoms with van der Waals surface area (Å²) in [5.74, 6) is 0. The molecule has 0 spiro atoms. The fraction of sp³-hybridized carbons (Fsp3) is 1.00. The maximum Gasteiger partial charge on any atom is 0.0616 e. The zero-order chi connectivity index (χ0) is 8.69. The molecule has 2 N–H and O–H groups in total. The van der Waals surface area contributed by atoms with Gasteiger partial charge in [0.2, 0.25) is 0 Å². The van der Waals surface area contributed by atoms with Crippen LogP contribution in [0.25, 0.3) is 0 Å². The van der Waals surface area contributed by atoms with Crippen molar-refractivity contribution in [3.8, 4) is 0 Å². The summed E-state index contributed by atoms with van der Waals surface area (Å²) in [6.45, 7) is 7.60. The summed E-state index contributed by atoms with van der Waals surface area (Å²) in [6, 6.07) is 0.475. The van der Waals surface area contributed by atoms with E-state index >= 15 is 0 Å². The molecule has 2 unspecified atom stereocenters. The van der Waals surface area contributed by atoms with E-state index in [4.69, 9.17) is 9.84 Å². The van der Waals surface area contributed by atoms with E-state index in [1.807, 2.05) is 20.8 Å². The molecule has 0 aliphatic heterocycles. The van der Waals surface area contributed by atoms with Crippen molar-refractivity contribution in [2.45, 2.75) is 32.9 Å². The lowest BCUT2D eigenvalue weighted by Crippen LogP contribution is -2.39. The summed E-state index contributed by atoms with van der Waals surface area (Å²) in [5.41, 5.74) is 0. The third-order valence-electron chi connectivity index (χ3n) is 1.41. The molecule has 3 heteroatoms. The van der Waals surface area contributed by atoms with Gasteiger partial charge in [0.25, 0.3) is 0 Å². The number of hydrogen-bond acceptors (Lipinski definition) is 3. The number of aliphatic hydroxyl groups excluding tert-OH is 1. The molecule has 0 aromatic carbocycles. The van der Waals surface area contributed by atoms with Crippen molar-refractivity contribution in [1.29, 1.82) is 0 Å². The predicted octanol–water partition coefficient (Wildman–Crippen LogP) is 0.382. The van der Waals surface area contributed by atoms with Crippen molar-refractivity contribution in [1.82, 2.24) is 5.32 Å². The third kappa shape index (κ3) is 6.28. The van der Waals surface area contributed by atoms with Gasteiger partial charge in [-0.2, -0.15) is 0 Å². The van der Waals surface area contributed by atoms with E-state index in [0.717, 1.165) is 6.61 Å². The highest BCUT2D eigenvalue weighted by atomic mass is 16.5. The molecule has 0 fully saturated rings. The molecule has 0 aliphatic rings. The van der Waals surface area contributed by atoms with E-state index in [2.05, 4.69) is 5.32 Å². The monoisotopic (exact) mass is 161 g/mol. The Bertz CT molecular complexity index is 88.2. The van der Waals surface area contributed by atoms with Crippen LogP contribution in [0.3, 0.4) is 0 Å². The van der Waals surface area contributed by atoms with Gasteiger partial charge in [-0.1, -0.05) is 0 Å². The molecular weight excluding hydrogens is 142 g/mol. The Labute approximate surface area is 68.8 Å². The van der Waals surface area contributed by atoms with Crippen LogP contribution in [0.15, 0.2) is 0 Å². The summed E-state index contributed by atoms with van der Waals surface area (Å²) in [4.78, 5) is 0. The molecule has 0 bridgehead atoms. The number of rotatable bonds is 6. The quantitative estimate of drug-likeness (QED) is 0.592. The molecule has 0 heterocycles. The highest BCUT2D eigenvalue weighted by Gasteiger charge is 2.04. The van der Waals surface area contributed by atoms with Gasteiger partial charge in [-0.3, -0.25) is 0 Å². The average molecular weight is 161 g/mol. The first-order chi connectivity index (χ1) is 5.20. The average Bonchev–Trinajstić information content (AvgIpc) is 2.00. The molecule has 0 saturated carbocycles. The molecule has 0 saturated heterocycles. The van der Waals surface area contributed by atoms with Gasteiger partial charge >= 0.3 is 0 Å². The van der Waals surface area contributed by atoms with Crippen LogP contribution in [-0.4, -0.2) is 37.0 Å². The van der Waals surface area contributed by atoms with E-state index in [1.165, 1.54) is 0 Å². The first-order valence-electron chi connectivity index (χ1n) is 4.15. The lowest BCUT2D eigenvalue weighted by atomic mass is 10.3. The van der Waals surface area contributed by atoms with Crippen LogP contribution in [0.4, 0.5) is 0 Å². The topological polar surface area (TPSA) is 41.5 Å². The summed E-state index contributed by atoms with van der Waals surface area (Å²) in [6.07, 6.45) is 0. The first-order valence-corrected chi connectivity index (χ1v) is 4.15. The standard InChI is InChI=1S/C8H19NO2/c1-4-11-6-8(3)9-7(2)5-10/h7-10H,4-6H2,1-3H3. The van der Waals surface area contributed by atoms with Crippen molar-refractivity contribution in [2.24, 2.45) is 0 Å². The van der Waals surface area contributed by atoms with Gasteiger partial charge in [-0.15, -0.1) is 0 Å². The lowest BCUT2D eigenvalue weighted by molar-refractivity contribution is 0.119. The molecule has 0 aliphatic carbocycles. The molecular formula is C8H19NO2. The smallest absolute Gasteiger partial charge is 0.0616 e. The molecule has 3 nitrogen and oxygen atoms in total. The van der Waals surface area contributed by atoms with Crippen molar-refractivity contribution < 1.29 is 9.84 Å². The van der Waals surface area contributed by atoms with Crippen LogP contribution in [0.5, 0.6) is 0 Å². The molecule has 68 valence electrons. The number of nitrogens with one attached hydrogen (secondary N) is 1. The zero-order valence-electron chi connectivity index (χ0n) is 7.63. The van der Waals surface area contributed by atoms with Crippen molar-refractivity contribution in [3.05, 3.63) is 0 Å². The van der Waals surface area contributed by atoms with Crippen molar-refractivity contribution in [3.63, 3.8) is 0 Å². The van der Waals surface area contributed by atoms with Gasteiger partial charge in [0.1, 0.15) is 0 Å². The molecule has 0 aromatic rings. The number of hydrogen-bond donors (Lipinski definition) is 2. The van der Waals surface area contributed by atoms with Gasteiger partial charge in [-0.05, 0) is 20.8 Å². The molecule has 0 amide bonds. The minimum atomic E-state index is 0.158. The van der Waals surface area contributed by atoms with E-state index < -0.39 is 0 Å².